The van der Waals surface area contributed by atoms with Crippen molar-refractivity contribution in [3.63, 3.8) is 0 Å². The van der Waals surface area contributed by atoms with Gasteiger partial charge in [0.15, 0.2) is 0 Å². The maximum atomic E-state index is 11.1. The number of hydrogen-bond donors (Lipinski definition) is 2. The number of benzene rings is 1. The molecule has 0 aromatic heterocycles. The predicted molar refractivity (Wildman–Crippen MR) is 71.9 cm³/mol. The molecule has 0 radical (unpaired) electrons. The summed E-state index contributed by atoms with van der Waals surface area (Å²) in [6.07, 6.45) is 2.11. The summed E-state index contributed by atoms with van der Waals surface area (Å²) < 4.78 is 0. The molecule has 1 aromatic rings. The molecule has 98 valence electrons. The molecule has 1 atom stereocenters. The van der Waals surface area contributed by atoms with Crippen LogP contribution >= 0.6 is 0 Å². The molecule has 1 unspecified atom stereocenters. The van der Waals surface area contributed by atoms with Gasteiger partial charge in [-0.1, -0.05) is 17.7 Å². The van der Waals surface area contributed by atoms with Crippen LogP contribution < -0.4 is 10.6 Å². The molecule has 4 heteroatoms. The first-order valence-corrected chi connectivity index (χ1v) is 6.27. The number of nitrogens with zero attached hydrogens (tertiary/aromatic N) is 1. The van der Waals surface area contributed by atoms with E-state index in [1.165, 1.54) is 11.1 Å². The topological polar surface area (TPSA) is 66.6 Å². The van der Waals surface area contributed by atoms with Crippen LogP contribution in [-0.2, 0) is 11.2 Å². The predicted octanol–water partition coefficient (Wildman–Crippen LogP) is 1.55. The molecule has 3 N–H and O–H groups in total. The summed E-state index contributed by atoms with van der Waals surface area (Å²) in [6, 6.07) is 6.31. The fourth-order valence-electron chi connectivity index (χ4n) is 2.43. The van der Waals surface area contributed by atoms with Crippen LogP contribution in [0.2, 0.25) is 0 Å². The van der Waals surface area contributed by atoms with E-state index in [4.69, 9.17) is 10.8 Å². The van der Waals surface area contributed by atoms with Crippen LogP contribution in [0.1, 0.15) is 24.5 Å². The number of carbonyl (C=O) groups is 1. The zero-order valence-electron chi connectivity index (χ0n) is 10.9. The summed E-state index contributed by atoms with van der Waals surface area (Å²) in [5.41, 5.74) is 8.29. The van der Waals surface area contributed by atoms with E-state index < -0.39 is 11.5 Å². The Kier molecular flexibility index (Phi) is 3.30. The van der Waals surface area contributed by atoms with E-state index in [0.717, 1.165) is 25.1 Å². The Morgan fingerprint density at radius 1 is 1.56 bits per heavy atom. The van der Waals surface area contributed by atoms with E-state index in [-0.39, 0.29) is 0 Å². The van der Waals surface area contributed by atoms with Gasteiger partial charge in [0.2, 0.25) is 0 Å². The Bertz CT molecular complexity index is 469. The van der Waals surface area contributed by atoms with Crippen molar-refractivity contribution in [2.45, 2.75) is 32.2 Å². The van der Waals surface area contributed by atoms with Gasteiger partial charge in [0, 0.05) is 18.8 Å². The number of hydrogen-bond acceptors (Lipinski definition) is 3. The van der Waals surface area contributed by atoms with E-state index in [1.807, 2.05) is 0 Å². The molecule has 1 heterocycles. The third-order valence-electron chi connectivity index (χ3n) is 3.46. The van der Waals surface area contributed by atoms with E-state index in [0.29, 0.717) is 6.54 Å². The van der Waals surface area contributed by atoms with Gasteiger partial charge in [-0.25, -0.2) is 0 Å². The number of nitrogens with two attached hydrogens (primary N) is 1. The normalized spacial score (nSPS) is 18.1. The fraction of sp³-hybridized carbons (Fsp3) is 0.500. The van der Waals surface area contributed by atoms with Crippen LogP contribution in [0.25, 0.3) is 0 Å². The van der Waals surface area contributed by atoms with Crippen LogP contribution in [0, 0.1) is 6.92 Å². The summed E-state index contributed by atoms with van der Waals surface area (Å²) >= 11 is 0. The number of aliphatic carboxylic acids is 1. The van der Waals surface area contributed by atoms with E-state index in [1.54, 1.807) is 6.92 Å². The minimum absolute atomic E-state index is 0.346. The smallest absolute Gasteiger partial charge is 0.325 e. The maximum absolute atomic E-state index is 11.1. The van der Waals surface area contributed by atoms with Gasteiger partial charge in [-0.3, -0.25) is 4.79 Å². The van der Waals surface area contributed by atoms with Crippen molar-refractivity contribution in [2.24, 2.45) is 5.73 Å². The van der Waals surface area contributed by atoms with Gasteiger partial charge in [-0.15, -0.1) is 0 Å². The van der Waals surface area contributed by atoms with E-state index >= 15 is 0 Å². The molecule has 1 aliphatic rings. The highest BCUT2D eigenvalue weighted by atomic mass is 16.4. The summed E-state index contributed by atoms with van der Waals surface area (Å²) in [6.45, 7) is 4.86. The Balaban J connectivity index is 2.25. The van der Waals surface area contributed by atoms with Crippen LogP contribution in [0.15, 0.2) is 18.2 Å². The molecule has 2 rings (SSSR count). The van der Waals surface area contributed by atoms with Crippen molar-refractivity contribution in [1.82, 2.24) is 0 Å². The largest absolute Gasteiger partial charge is 0.480 e. The molecular weight excluding hydrogens is 228 g/mol. The van der Waals surface area contributed by atoms with Crippen LogP contribution in [0.3, 0.4) is 0 Å². The summed E-state index contributed by atoms with van der Waals surface area (Å²) in [5.74, 6) is -0.957. The van der Waals surface area contributed by atoms with Crippen molar-refractivity contribution in [3.05, 3.63) is 29.3 Å². The zero-order chi connectivity index (χ0) is 13.3. The Morgan fingerprint density at radius 2 is 2.28 bits per heavy atom. The molecule has 0 amide bonds. The summed E-state index contributed by atoms with van der Waals surface area (Å²) in [4.78, 5) is 13.2. The SMILES string of the molecule is Cc1ccc2c(c1)CCCN2CC(C)(N)C(=O)O. The number of carboxylic acids is 1. The van der Waals surface area contributed by atoms with E-state index in [9.17, 15) is 4.79 Å². The minimum atomic E-state index is -1.21. The number of aryl methyl sites for hydroxylation is 2. The monoisotopic (exact) mass is 248 g/mol. The van der Waals surface area contributed by atoms with Gasteiger partial charge < -0.3 is 15.7 Å². The third kappa shape index (κ3) is 2.48. The van der Waals surface area contributed by atoms with Gasteiger partial charge in [0.05, 0.1) is 0 Å². The minimum Gasteiger partial charge on any atom is -0.480 e. The average molecular weight is 248 g/mol. The first-order valence-electron chi connectivity index (χ1n) is 6.27. The van der Waals surface area contributed by atoms with Crippen molar-refractivity contribution >= 4 is 11.7 Å². The lowest BCUT2D eigenvalue weighted by Crippen LogP contribution is -2.54. The first-order chi connectivity index (χ1) is 8.40. The molecule has 4 nitrogen and oxygen atoms in total. The van der Waals surface area contributed by atoms with E-state index in [2.05, 4.69) is 30.0 Å². The first kappa shape index (κ1) is 12.9. The number of anilines is 1. The number of carboxylic acid groups (broad SMARTS) is 1. The molecule has 1 aromatic carbocycles. The van der Waals surface area contributed by atoms with Gasteiger partial charge in [-0.2, -0.15) is 0 Å². The Morgan fingerprint density at radius 3 is 2.94 bits per heavy atom. The average Bonchev–Trinajstić information content (AvgIpc) is 2.28. The van der Waals surface area contributed by atoms with Crippen LogP contribution in [0.5, 0.6) is 0 Å². The number of fused-ring (bicyclic) bond motifs is 1. The highest BCUT2D eigenvalue weighted by Crippen LogP contribution is 2.28. The quantitative estimate of drug-likeness (QED) is 0.851. The number of rotatable bonds is 3. The van der Waals surface area contributed by atoms with Gasteiger partial charge in [-0.05, 0) is 38.3 Å². The fourth-order valence-corrected chi connectivity index (χ4v) is 2.43. The van der Waals surface area contributed by atoms with Gasteiger partial charge in [0.25, 0.3) is 0 Å². The molecule has 0 fully saturated rings. The lowest BCUT2D eigenvalue weighted by atomic mass is 9.96. The Labute approximate surface area is 107 Å². The highest BCUT2D eigenvalue weighted by Gasteiger charge is 2.32. The molecule has 0 aliphatic carbocycles. The van der Waals surface area contributed by atoms with Crippen molar-refractivity contribution in [2.75, 3.05) is 18.0 Å². The summed E-state index contributed by atoms with van der Waals surface area (Å²) in [7, 11) is 0. The second kappa shape index (κ2) is 4.61. The van der Waals surface area contributed by atoms with Crippen LogP contribution in [-0.4, -0.2) is 29.7 Å². The van der Waals surface area contributed by atoms with Crippen molar-refractivity contribution in [3.8, 4) is 0 Å². The lowest BCUT2D eigenvalue weighted by Gasteiger charge is -2.35. The molecular formula is C14H20N2O2. The lowest BCUT2D eigenvalue weighted by molar-refractivity contribution is -0.142. The molecule has 1 aliphatic heterocycles. The Hall–Kier alpha value is -1.55. The molecule has 18 heavy (non-hydrogen) atoms. The van der Waals surface area contributed by atoms with Gasteiger partial charge >= 0.3 is 5.97 Å². The zero-order valence-corrected chi connectivity index (χ0v) is 10.9. The second-order valence-corrected chi connectivity index (χ2v) is 5.38. The van der Waals surface area contributed by atoms with Gasteiger partial charge in [0.1, 0.15) is 5.54 Å². The third-order valence-corrected chi connectivity index (χ3v) is 3.46. The van der Waals surface area contributed by atoms with Crippen molar-refractivity contribution in [1.29, 1.82) is 0 Å². The molecule has 0 saturated heterocycles. The second-order valence-electron chi connectivity index (χ2n) is 5.38. The maximum Gasteiger partial charge on any atom is 0.325 e. The van der Waals surface area contributed by atoms with Crippen molar-refractivity contribution < 1.29 is 9.90 Å². The summed E-state index contributed by atoms with van der Waals surface area (Å²) in [5, 5.41) is 9.11. The standard InChI is InChI=1S/C14H20N2O2/c1-10-5-6-12-11(8-10)4-3-7-16(12)9-14(2,15)13(17)18/h5-6,8H,3-4,7,9,15H2,1-2H3,(H,17,18). The molecule has 0 saturated carbocycles. The highest BCUT2D eigenvalue weighted by molar-refractivity contribution is 5.79. The molecule has 0 spiro atoms. The molecule has 0 bridgehead atoms. The van der Waals surface area contributed by atoms with Crippen LogP contribution in [0.4, 0.5) is 5.69 Å².